The second-order valence-corrected chi connectivity index (χ2v) is 9.22. The number of benzene rings is 2. The lowest BCUT2D eigenvalue weighted by Crippen LogP contribution is -2.23. The molecule has 0 unspecified atom stereocenters. The highest BCUT2D eigenvalue weighted by Crippen LogP contribution is 2.31. The normalized spacial score (nSPS) is 11.3. The van der Waals surface area contributed by atoms with Crippen molar-refractivity contribution in [2.75, 3.05) is 11.1 Å². The molecule has 0 saturated carbocycles. The van der Waals surface area contributed by atoms with Crippen LogP contribution in [0.3, 0.4) is 0 Å². The van der Waals surface area contributed by atoms with Crippen LogP contribution in [0.15, 0.2) is 60.7 Å². The Kier molecular flexibility index (Phi) is 6.03. The van der Waals surface area contributed by atoms with Crippen LogP contribution in [0, 0.1) is 0 Å². The topological polar surface area (TPSA) is 76.1 Å². The van der Waals surface area contributed by atoms with Crippen molar-refractivity contribution in [1.82, 2.24) is 4.98 Å². The minimum Gasteiger partial charge on any atom is -0.301 e. The Bertz CT molecular complexity index is 1010. The van der Waals surface area contributed by atoms with E-state index in [1.54, 1.807) is 24.3 Å². The third-order valence-electron chi connectivity index (χ3n) is 3.89. The van der Waals surface area contributed by atoms with Crippen molar-refractivity contribution in [3.8, 4) is 11.3 Å². The predicted molar refractivity (Wildman–Crippen MR) is 109 cm³/mol. The average Bonchev–Trinajstić information content (AvgIpc) is 3.05. The SMILES string of the molecule is CCc1sc(NC(=O)CS(=O)(=O)Cc2ccccc2)nc1-c1ccccc1. The van der Waals surface area contributed by atoms with Crippen LogP contribution in [0.2, 0.25) is 0 Å². The van der Waals surface area contributed by atoms with Crippen molar-refractivity contribution in [3.05, 3.63) is 71.1 Å². The Hall–Kier alpha value is -2.51. The van der Waals surface area contributed by atoms with Crippen LogP contribution in [-0.2, 0) is 26.8 Å². The molecule has 0 radical (unpaired) electrons. The molecule has 0 aliphatic carbocycles. The van der Waals surface area contributed by atoms with Crippen LogP contribution >= 0.6 is 11.3 Å². The molecule has 3 aromatic rings. The molecule has 1 amide bonds. The fourth-order valence-electron chi connectivity index (χ4n) is 2.70. The van der Waals surface area contributed by atoms with Gasteiger partial charge in [0.1, 0.15) is 5.75 Å². The van der Waals surface area contributed by atoms with Crippen LogP contribution in [0.25, 0.3) is 11.3 Å². The number of amides is 1. The van der Waals surface area contributed by atoms with Crippen LogP contribution in [-0.4, -0.2) is 25.1 Å². The zero-order chi connectivity index (χ0) is 19.3. The van der Waals surface area contributed by atoms with E-state index in [9.17, 15) is 13.2 Å². The summed E-state index contributed by atoms with van der Waals surface area (Å²) in [5, 5.41) is 3.06. The maximum absolute atomic E-state index is 12.3. The van der Waals surface area contributed by atoms with Gasteiger partial charge in [-0.25, -0.2) is 13.4 Å². The van der Waals surface area contributed by atoms with Gasteiger partial charge in [-0.05, 0) is 12.0 Å². The third kappa shape index (κ3) is 5.24. The molecule has 3 rings (SSSR count). The Balaban J connectivity index is 1.70. The van der Waals surface area contributed by atoms with E-state index in [1.807, 2.05) is 43.3 Å². The number of rotatable bonds is 7. The highest BCUT2D eigenvalue weighted by atomic mass is 32.2. The molecular formula is C20H20N2O3S2. The van der Waals surface area contributed by atoms with Gasteiger partial charge in [-0.2, -0.15) is 0 Å². The fraction of sp³-hybridized carbons (Fsp3) is 0.200. The van der Waals surface area contributed by atoms with E-state index in [-0.39, 0.29) is 5.75 Å². The second kappa shape index (κ2) is 8.45. The molecule has 1 aromatic heterocycles. The summed E-state index contributed by atoms with van der Waals surface area (Å²) in [4.78, 5) is 17.8. The summed E-state index contributed by atoms with van der Waals surface area (Å²) in [6.07, 6.45) is 0.782. The minimum absolute atomic E-state index is 0.158. The molecule has 27 heavy (non-hydrogen) atoms. The fourth-order valence-corrected chi connectivity index (χ4v) is 4.91. The molecule has 2 aromatic carbocycles. The molecule has 0 saturated heterocycles. The largest absolute Gasteiger partial charge is 0.301 e. The first kappa shape index (κ1) is 19.3. The summed E-state index contributed by atoms with van der Waals surface area (Å²) in [6, 6.07) is 18.6. The van der Waals surface area contributed by atoms with Gasteiger partial charge >= 0.3 is 0 Å². The first-order valence-corrected chi connectivity index (χ1v) is 11.2. The number of carbonyl (C=O) groups excluding carboxylic acids is 1. The summed E-state index contributed by atoms with van der Waals surface area (Å²) in [7, 11) is -3.55. The van der Waals surface area contributed by atoms with Crippen molar-refractivity contribution in [2.45, 2.75) is 19.1 Å². The van der Waals surface area contributed by atoms with Crippen LogP contribution in [0.1, 0.15) is 17.4 Å². The molecule has 0 bridgehead atoms. The lowest BCUT2D eigenvalue weighted by Gasteiger charge is -2.04. The van der Waals surface area contributed by atoms with Gasteiger partial charge in [0, 0.05) is 10.4 Å². The molecule has 140 valence electrons. The minimum atomic E-state index is -3.55. The zero-order valence-corrected chi connectivity index (χ0v) is 16.5. The molecule has 5 nitrogen and oxygen atoms in total. The number of thiazole rings is 1. The van der Waals surface area contributed by atoms with E-state index in [1.165, 1.54) is 11.3 Å². The number of nitrogens with one attached hydrogen (secondary N) is 1. The smallest absolute Gasteiger partial charge is 0.241 e. The van der Waals surface area contributed by atoms with Gasteiger partial charge in [-0.3, -0.25) is 4.79 Å². The Labute approximate surface area is 163 Å². The Morgan fingerprint density at radius 2 is 1.67 bits per heavy atom. The van der Waals surface area contributed by atoms with Gasteiger partial charge in [-0.1, -0.05) is 67.6 Å². The highest BCUT2D eigenvalue weighted by molar-refractivity contribution is 7.91. The van der Waals surface area contributed by atoms with Crippen molar-refractivity contribution in [3.63, 3.8) is 0 Å². The number of hydrogen-bond acceptors (Lipinski definition) is 5. The summed E-state index contributed by atoms with van der Waals surface area (Å²) >= 11 is 1.37. The third-order valence-corrected chi connectivity index (χ3v) is 6.48. The van der Waals surface area contributed by atoms with Gasteiger partial charge < -0.3 is 5.32 Å². The molecular weight excluding hydrogens is 380 g/mol. The number of aryl methyl sites for hydroxylation is 1. The zero-order valence-electron chi connectivity index (χ0n) is 14.9. The summed E-state index contributed by atoms with van der Waals surface area (Å²) in [6.45, 7) is 2.02. The number of hydrogen-bond donors (Lipinski definition) is 1. The maximum atomic E-state index is 12.3. The van der Waals surface area contributed by atoms with E-state index in [0.717, 1.165) is 22.6 Å². The lowest BCUT2D eigenvalue weighted by molar-refractivity contribution is -0.113. The Morgan fingerprint density at radius 1 is 1.04 bits per heavy atom. The van der Waals surface area contributed by atoms with Crippen molar-refractivity contribution in [2.24, 2.45) is 0 Å². The van der Waals surface area contributed by atoms with Crippen molar-refractivity contribution in [1.29, 1.82) is 0 Å². The molecule has 0 aliphatic heterocycles. The number of carbonyl (C=O) groups is 1. The summed E-state index contributed by atoms with van der Waals surface area (Å²) in [5.74, 6) is -1.29. The van der Waals surface area contributed by atoms with Gasteiger partial charge in [0.15, 0.2) is 15.0 Å². The number of nitrogens with zero attached hydrogens (tertiary/aromatic N) is 1. The molecule has 0 fully saturated rings. The maximum Gasteiger partial charge on any atom is 0.241 e. The van der Waals surface area contributed by atoms with E-state index >= 15 is 0 Å². The van der Waals surface area contributed by atoms with Gasteiger partial charge in [0.25, 0.3) is 0 Å². The second-order valence-electron chi connectivity index (χ2n) is 6.08. The lowest BCUT2D eigenvalue weighted by atomic mass is 10.1. The van der Waals surface area contributed by atoms with Crippen molar-refractivity contribution >= 4 is 32.2 Å². The van der Waals surface area contributed by atoms with Gasteiger partial charge in [0.05, 0.1) is 11.4 Å². The quantitative estimate of drug-likeness (QED) is 0.652. The van der Waals surface area contributed by atoms with E-state index in [2.05, 4.69) is 10.3 Å². The monoisotopic (exact) mass is 400 g/mol. The number of aromatic nitrogens is 1. The molecule has 0 spiro atoms. The molecule has 0 aliphatic rings. The van der Waals surface area contributed by atoms with E-state index in [4.69, 9.17) is 0 Å². The van der Waals surface area contributed by atoms with Gasteiger partial charge in [-0.15, -0.1) is 11.3 Å². The van der Waals surface area contributed by atoms with Gasteiger partial charge in [0.2, 0.25) is 5.91 Å². The van der Waals surface area contributed by atoms with E-state index < -0.39 is 21.5 Å². The van der Waals surface area contributed by atoms with E-state index in [0.29, 0.717) is 10.7 Å². The summed E-state index contributed by atoms with van der Waals surface area (Å²) in [5.41, 5.74) is 2.47. The first-order valence-electron chi connectivity index (χ1n) is 8.56. The molecule has 7 heteroatoms. The molecule has 0 atom stereocenters. The first-order chi connectivity index (χ1) is 13.0. The van der Waals surface area contributed by atoms with Crippen LogP contribution in [0.4, 0.5) is 5.13 Å². The standard InChI is InChI=1S/C20H20N2O3S2/c1-2-17-19(16-11-7-4-8-12-16)22-20(26-17)21-18(23)14-27(24,25)13-15-9-5-3-6-10-15/h3-12H,2,13-14H2,1H3,(H,21,22,23). The predicted octanol–water partition coefficient (Wildman–Crippen LogP) is 3.93. The highest BCUT2D eigenvalue weighted by Gasteiger charge is 2.19. The summed E-state index contributed by atoms with van der Waals surface area (Å²) < 4.78 is 24.5. The van der Waals surface area contributed by atoms with Crippen molar-refractivity contribution < 1.29 is 13.2 Å². The number of sulfone groups is 1. The van der Waals surface area contributed by atoms with Crippen LogP contribution < -0.4 is 5.32 Å². The Morgan fingerprint density at radius 3 is 2.30 bits per heavy atom. The number of anilines is 1. The molecule has 1 N–H and O–H groups in total. The molecule has 1 heterocycles. The average molecular weight is 401 g/mol. The van der Waals surface area contributed by atoms with Crippen LogP contribution in [0.5, 0.6) is 0 Å².